The number of aromatic nitrogens is 2. The molecule has 0 saturated heterocycles. The molecule has 8 nitrogen and oxygen atoms in total. The number of nitrogens with one attached hydrogen (secondary N) is 3. The molecule has 9 heteroatoms. The summed E-state index contributed by atoms with van der Waals surface area (Å²) in [6.45, 7) is 8.95. The Morgan fingerprint density at radius 1 is 1.18 bits per heavy atom. The molecular weight excluding hydrogens is 376 g/mol. The SMILES string of the molecule is CCNC(=NCc1ccc(S(=O)(=O)NC)cc1)NCCCn1nc(C)cc1C. The second-order valence-corrected chi connectivity index (χ2v) is 8.36. The van der Waals surface area contributed by atoms with Gasteiger partial charge in [0.05, 0.1) is 17.1 Å². The van der Waals surface area contributed by atoms with E-state index in [4.69, 9.17) is 0 Å². The molecule has 1 heterocycles. The average molecular weight is 407 g/mol. The molecule has 0 atom stereocenters. The van der Waals surface area contributed by atoms with E-state index in [9.17, 15) is 8.42 Å². The van der Waals surface area contributed by atoms with Gasteiger partial charge in [-0.15, -0.1) is 0 Å². The van der Waals surface area contributed by atoms with Gasteiger partial charge in [0.15, 0.2) is 5.96 Å². The number of hydrogen-bond donors (Lipinski definition) is 3. The van der Waals surface area contributed by atoms with Crippen LogP contribution in [0.3, 0.4) is 0 Å². The van der Waals surface area contributed by atoms with Gasteiger partial charge in [-0.2, -0.15) is 5.10 Å². The third kappa shape index (κ3) is 6.35. The molecule has 0 unspecified atom stereocenters. The Balaban J connectivity index is 1.88. The monoisotopic (exact) mass is 406 g/mol. The van der Waals surface area contributed by atoms with Gasteiger partial charge in [0.1, 0.15) is 0 Å². The molecule has 0 aliphatic heterocycles. The maximum atomic E-state index is 11.8. The summed E-state index contributed by atoms with van der Waals surface area (Å²) in [5.74, 6) is 0.739. The minimum atomic E-state index is -3.41. The number of rotatable bonds is 9. The first-order chi connectivity index (χ1) is 13.4. The maximum absolute atomic E-state index is 11.8. The van der Waals surface area contributed by atoms with E-state index < -0.39 is 10.0 Å². The van der Waals surface area contributed by atoms with E-state index in [-0.39, 0.29) is 4.90 Å². The van der Waals surface area contributed by atoms with Gasteiger partial charge in [0, 0.05) is 25.3 Å². The van der Waals surface area contributed by atoms with Gasteiger partial charge in [-0.05, 0) is 58.0 Å². The molecule has 0 saturated carbocycles. The highest BCUT2D eigenvalue weighted by Crippen LogP contribution is 2.10. The van der Waals surface area contributed by atoms with E-state index in [0.717, 1.165) is 43.3 Å². The molecule has 1 aromatic heterocycles. The lowest BCUT2D eigenvalue weighted by atomic mass is 10.2. The molecule has 1 aromatic carbocycles. The number of aryl methyl sites for hydroxylation is 3. The highest BCUT2D eigenvalue weighted by molar-refractivity contribution is 7.89. The van der Waals surface area contributed by atoms with Gasteiger partial charge < -0.3 is 10.6 Å². The Kier molecular flexibility index (Phi) is 8.01. The van der Waals surface area contributed by atoms with Gasteiger partial charge in [0.2, 0.25) is 10.0 Å². The first-order valence-corrected chi connectivity index (χ1v) is 10.9. The summed E-state index contributed by atoms with van der Waals surface area (Å²) in [5.41, 5.74) is 3.14. The van der Waals surface area contributed by atoms with E-state index >= 15 is 0 Å². The van der Waals surface area contributed by atoms with E-state index in [1.165, 1.54) is 12.7 Å². The Morgan fingerprint density at radius 3 is 2.46 bits per heavy atom. The zero-order valence-corrected chi connectivity index (χ0v) is 17.8. The number of aliphatic imine (C=N–C) groups is 1. The Labute approximate surface area is 167 Å². The number of benzene rings is 1. The zero-order chi connectivity index (χ0) is 20.6. The molecule has 28 heavy (non-hydrogen) atoms. The Hall–Kier alpha value is -2.39. The number of sulfonamides is 1. The van der Waals surface area contributed by atoms with Crippen molar-refractivity contribution in [3.8, 4) is 0 Å². The molecule has 2 rings (SSSR count). The van der Waals surface area contributed by atoms with Crippen molar-refractivity contribution in [2.45, 2.75) is 45.2 Å². The summed E-state index contributed by atoms with van der Waals surface area (Å²) in [4.78, 5) is 4.82. The van der Waals surface area contributed by atoms with Crippen molar-refractivity contribution in [3.05, 3.63) is 47.3 Å². The van der Waals surface area contributed by atoms with Crippen LogP contribution in [0.25, 0.3) is 0 Å². The van der Waals surface area contributed by atoms with Crippen molar-refractivity contribution in [1.82, 2.24) is 25.1 Å². The molecular formula is C19H30N6O2S. The smallest absolute Gasteiger partial charge is 0.240 e. The summed E-state index contributed by atoms with van der Waals surface area (Å²) < 4.78 is 27.9. The summed E-state index contributed by atoms with van der Waals surface area (Å²) in [6, 6.07) is 8.81. The van der Waals surface area contributed by atoms with Crippen LogP contribution in [0.2, 0.25) is 0 Å². The number of guanidine groups is 1. The van der Waals surface area contributed by atoms with Gasteiger partial charge in [-0.3, -0.25) is 4.68 Å². The van der Waals surface area contributed by atoms with Gasteiger partial charge in [0.25, 0.3) is 0 Å². The third-order valence-corrected chi connectivity index (χ3v) is 5.64. The fourth-order valence-electron chi connectivity index (χ4n) is 2.74. The minimum absolute atomic E-state index is 0.247. The first kappa shape index (κ1) is 21.9. The van der Waals surface area contributed by atoms with Crippen LogP contribution in [-0.4, -0.2) is 44.3 Å². The molecule has 0 aliphatic carbocycles. The van der Waals surface area contributed by atoms with Crippen LogP contribution in [0.15, 0.2) is 40.2 Å². The molecule has 0 fully saturated rings. The molecule has 0 spiro atoms. The van der Waals surface area contributed by atoms with Gasteiger partial charge in [-0.25, -0.2) is 18.1 Å². The lowest BCUT2D eigenvalue weighted by molar-refractivity contribution is 0.555. The summed E-state index contributed by atoms with van der Waals surface area (Å²) in [7, 11) is -2.01. The molecule has 0 amide bonds. The second kappa shape index (κ2) is 10.2. The highest BCUT2D eigenvalue weighted by atomic mass is 32.2. The van der Waals surface area contributed by atoms with E-state index in [2.05, 4.69) is 38.4 Å². The highest BCUT2D eigenvalue weighted by Gasteiger charge is 2.10. The molecule has 2 aromatic rings. The lowest BCUT2D eigenvalue weighted by Gasteiger charge is -2.12. The van der Waals surface area contributed by atoms with Crippen molar-refractivity contribution >= 4 is 16.0 Å². The zero-order valence-electron chi connectivity index (χ0n) is 17.0. The van der Waals surface area contributed by atoms with Crippen LogP contribution in [0, 0.1) is 13.8 Å². The Bertz CT molecular complexity index is 888. The fourth-order valence-corrected chi connectivity index (χ4v) is 3.47. The molecule has 3 N–H and O–H groups in total. The van der Waals surface area contributed by atoms with Crippen molar-refractivity contribution in [2.75, 3.05) is 20.1 Å². The predicted molar refractivity (Wildman–Crippen MR) is 112 cm³/mol. The van der Waals surface area contributed by atoms with Crippen LogP contribution in [0.4, 0.5) is 0 Å². The van der Waals surface area contributed by atoms with Crippen LogP contribution < -0.4 is 15.4 Å². The third-order valence-electron chi connectivity index (χ3n) is 4.21. The van der Waals surface area contributed by atoms with Gasteiger partial charge >= 0.3 is 0 Å². The topological polar surface area (TPSA) is 100 Å². The second-order valence-electron chi connectivity index (χ2n) is 6.48. The molecule has 154 valence electrons. The predicted octanol–water partition coefficient (Wildman–Crippen LogP) is 1.55. The standard InChI is InChI=1S/C19H30N6O2S/c1-5-21-19(22-11-6-12-25-16(3)13-15(2)24-25)23-14-17-7-9-18(10-8-17)28(26,27)20-4/h7-10,13,20H,5-6,11-12,14H2,1-4H3,(H2,21,22,23). The average Bonchev–Trinajstić information content (AvgIpc) is 3.00. The van der Waals surface area contributed by atoms with E-state index in [1.807, 2.05) is 18.5 Å². The van der Waals surface area contributed by atoms with Crippen LogP contribution >= 0.6 is 0 Å². The molecule has 0 aliphatic rings. The molecule has 0 radical (unpaired) electrons. The summed E-state index contributed by atoms with van der Waals surface area (Å²) in [5, 5.41) is 11.0. The fraction of sp³-hybridized carbons (Fsp3) is 0.474. The normalized spacial score (nSPS) is 12.2. The van der Waals surface area contributed by atoms with Crippen LogP contribution in [0.1, 0.15) is 30.3 Å². The van der Waals surface area contributed by atoms with Crippen LogP contribution in [-0.2, 0) is 23.1 Å². The van der Waals surface area contributed by atoms with E-state index in [0.29, 0.717) is 6.54 Å². The molecule has 0 bridgehead atoms. The van der Waals surface area contributed by atoms with Crippen molar-refractivity contribution in [3.63, 3.8) is 0 Å². The maximum Gasteiger partial charge on any atom is 0.240 e. The van der Waals surface area contributed by atoms with Crippen LogP contribution in [0.5, 0.6) is 0 Å². The largest absolute Gasteiger partial charge is 0.357 e. The summed E-state index contributed by atoms with van der Waals surface area (Å²) in [6.07, 6.45) is 0.933. The lowest BCUT2D eigenvalue weighted by Crippen LogP contribution is -2.38. The van der Waals surface area contributed by atoms with E-state index in [1.54, 1.807) is 24.3 Å². The number of nitrogens with zero attached hydrogens (tertiary/aromatic N) is 3. The van der Waals surface area contributed by atoms with Crippen molar-refractivity contribution in [1.29, 1.82) is 0 Å². The van der Waals surface area contributed by atoms with Crippen molar-refractivity contribution in [2.24, 2.45) is 4.99 Å². The van der Waals surface area contributed by atoms with Crippen molar-refractivity contribution < 1.29 is 8.42 Å². The van der Waals surface area contributed by atoms with Gasteiger partial charge in [-0.1, -0.05) is 12.1 Å². The number of hydrogen-bond acceptors (Lipinski definition) is 4. The quantitative estimate of drug-likeness (QED) is 0.333. The Morgan fingerprint density at radius 2 is 1.89 bits per heavy atom. The minimum Gasteiger partial charge on any atom is -0.357 e. The first-order valence-electron chi connectivity index (χ1n) is 9.41. The summed E-state index contributed by atoms with van der Waals surface area (Å²) >= 11 is 0.